The van der Waals surface area contributed by atoms with Crippen molar-refractivity contribution in [1.82, 2.24) is 19.8 Å². The van der Waals surface area contributed by atoms with Gasteiger partial charge in [0.1, 0.15) is 11.1 Å². The third kappa shape index (κ3) is 3.99. The molecule has 0 fully saturated rings. The number of carbonyl (C=O) groups excluding carboxylic acids is 1. The average Bonchev–Trinajstić information content (AvgIpc) is 3.15. The predicted octanol–water partition coefficient (Wildman–Crippen LogP) is 4.04. The number of nitrogens with zero attached hydrogens (tertiary/aromatic N) is 3. The van der Waals surface area contributed by atoms with Crippen LogP contribution in [0.4, 0.5) is 5.69 Å². The fraction of sp³-hybridized carbons (Fsp3) is 0.421. The first kappa shape index (κ1) is 19.4. The Morgan fingerprint density at radius 2 is 2.11 bits per heavy atom. The van der Waals surface area contributed by atoms with Crippen molar-refractivity contribution in [2.75, 3.05) is 11.9 Å². The summed E-state index contributed by atoms with van der Waals surface area (Å²) >= 11 is 6.48. The van der Waals surface area contributed by atoms with E-state index in [-0.39, 0.29) is 11.3 Å². The molecular weight excluding hydrogens is 366 g/mol. The Labute approximate surface area is 163 Å². The molecule has 1 amide bonds. The molecule has 3 rings (SSSR count). The zero-order chi connectivity index (χ0) is 19.8. The minimum atomic E-state index is -0.514. The lowest BCUT2D eigenvalue weighted by Gasteiger charge is -2.14. The van der Waals surface area contributed by atoms with Crippen LogP contribution in [0.3, 0.4) is 0 Å². The van der Waals surface area contributed by atoms with Crippen LogP contribution in [0.15, 0.2) is 24.3 Å². The summed E-state index contributed by atoms with van der Waals surface area (Å²) < 4.78 is 6.83. The highest BCUT2D eigenvalue weighted by Gasteiger charge is 2.25. The highest BCUT2D eigenvalue weighted by Crippen LogP contribution is 2.32. The number of aromatic amines is 1. The number of H-pyrrole nitrogens is 1. The molecule has 144 valence electrons. The number of hydrogen-bond acceptors (Lipinski definition) is 4. The number of amides is 1. The van der Waals surface area contributed by atoms with Gasteiger partial charge in [-0.25, -0.2) is 0 Å². The monoisotopic (exact) mass is 389 g/mol. The summed E-state index contributed by atoms with van der Waals surface area (Å²) in [4.78, 5) is 15.4. The first-order chi connectivity index (χ1) is 12.7. The van der Waals surface area contributed by atoms with Crippen LogP contribution in [0, 0.1) is 0 Å². The van der Waals surface area contributed by atoms with Gasteiger partial charge < -0.3 is 15.0 Å². The largest absolute Gasteiger partial charge is 0.369 e. The van der Waals surface area contributed by atoms with Crippen LogP contribution in [0.5, 0.6) is 0 Å². The summed E-state index contributed by atoms with van der Waals surface area (Å²) in [6.07, 6.45) is -0.514. The van der Waals surface area contributed by atoms with Gasteiger partial charge in [-0.1, -0.05) is 44.5 Å². The van der Waals surface area contributed by atoms with Gasteiger partial charge in [-0.2, -0.15) is 5.10 Å². The topological polar surface area (TPSA) is 84.3 Å². The number of ether oxygens (including phenoxy) is 1. The fourth-order valence-electron chi connectivity index (χ4n) is 2.72. The summed E-state index contributed by atoms with van der Waals surface area (Å²) in [5.74, 6) is 0.426. The van der Waals surface area contributed by atoms with Gasteiger partial charge in [-0.05, 0) is 26.0 Å². The van der Waals surface area contributed by atoms with Gasteiger partial charge in [-0.3, -0.25) is 4.79 Å². The van der Waals surface area contributed by atoms with Crippen molar-refractivity contribution >= 4 is 28.8 Å². The average molecular weight is 390 g/mol. The molecule has 0 aliphatic heterocycles. The van der Waals surface area contributed by atoms with Crippen LogP contribution < -0.4 is 5.32 Å². The molecule has 2 heterocycles. The van der Waals surface area contributed by atoms with Gasteiger partial charge in [0.05, 0.1) is 5.69 Å². The minimum absolute atomic E-state index is 0.173. The quantitative estimate of drug-likeness (QED) is 0.689. The number of aromatic nitrogens is 4. The minimum Gasteiger partial charge on any atom is -0.369 e. The Kier molecular flexibility index (Phi) is 5.26. The number of carbonyl (C=O) groups is 1. The smallest absolute Gasteiger partial charge is 0.253 e. The molecule has 7 nitrogen and oxygen atoms in total. The van der Waals surface area contributed by atoms with E-state index in [4.69, 9.17) is 16.3 Å². The van der Waals surface area contributed by atoms with Crippen LogP contribution in [-0.4, -0.2) is 38.4 Å². The Balaban J connectivity index is 1.88. The Morgan fingerprint density at radius 1 is 1.37 bits per heavy atom. The van der Waals surface area contributed by atoms with Crippen molar-refractivity contribution in [1.29, 1.82) is 0 Å². The Bertz CT molecular complexity index is 970. The summed E-state index contributed by atoms with van der Waals surface area (Å²) in [6, 6.07) is 7.41. The van der Waals surface area contributed by atoms with Crippen LogP contribution >= 0.6 is 11.6 Å². The van der Waals surface area contributed by atoms with E-state index in [1.54, 1.807) is 6.92 Å². The second-order valence-corrected chi connectivity index (χ2v) is 7.77. The molecule has 0 saturated carbocycles. The van der Waals surface area contributed by atoms with Gasteiger partial charge in [0.15, 0.2) is 11.5 Å². The lowest BCUT2D eigenvalue weighted by molar-refractivity contribution is -0.126. The zero-order valence-corrected chi connectivity index (χ0v) is 16.9. The van der Waals surface area contributed by atoms with E-state index in [0.717, 1.165) is 11.3 Å². The summed E-state index contributed by atoms with van der Waals surface area (Å²) in [7, 11) is 0. The van der Waals surface area contributed by atoms with Crippen LogP contribution in [0.1, 0.15) is 40.3 Å². The number of fused-ring (bicyclic) bond motifs is 1. The Hall–Kier alpha value is -2.38. The van der Waals surface area contributed by atoms with Crippen molar-refractivity contribution in [3.05, 3.63) is 35.0 Å². The van der Waals surface area contributed by atoms with Crippen molar-refractivity contribution in [2.24, 2.45) is 0 Å². The molecule has 3 aromatic rings. The van der Waals surface area contributed by atoms with E-state index in [9.17, 15) is 4.79 Å². The maximum absolute atomic E-state index is 12.1. The second-order valence-electron chi connectivity index (χ2n) is 7.39. The maximum Gasteiger partial charge on any atom is 0.253 e. The fourth-order valence-corrected chi connectivity index (χ4v) is 3.16. The number of halogens is 1. The van der Waals surface area contributed by atoms with Crippen molar-refractivity contribution in [3.8, 4) is 11.4 Å². The highest BCUT2D eigenvalue weighted by atomic mass is 35.5. The Morgan fingerprint density at radius 3 is 2.74 bits per heavy atom. The number of hydrogen-bond donors (Lipinski definition) is 2. The summed E-state index contributed by atoms with van der Waals surface area (Å²) in [5, 5.41) is 12.4. The van der Waals surface area contributed by atoms with E-state index < -0.39 is 6.10 Å². The first-order valence-electron chi connectivity index (χ1n) is 8.88. The van der Waals surface area contributed by atoms with E-state index in [2.05, 4.69) is 41.3 Å². The molecule has 0 saturated heterocycles. The predicted molar refractivity (Wildman–Crippen MR) is 106 cm³/mol. The third-order valence-electron chi connectivity index (χ3n) is 4.14. The number of rotatable bonds is 5. The lowest BCUT2D eigenvalue weighted by atomic mass is 9.92. The van der Waals surface area contributed by atoms with E-state index in [1.165, 1.54) is 4.63 Å². The van der Waals surface area contributed by atoms with E-state index in [0.29, 0.717) is 28.8 Å². The molecule has 27 heavy (non-hydrogen) atoms. The second kappa shape index (κ2) is 7.32. The summed E-state index contributed by atoms with van der Waals surface area (Å²) in [5.41, 5.74) is 2.75. The van der Waals surface area contributed by atoms with Crippen molar-refractivity contribution < 1.29 is 9.53 Å². The molecule has 2 N–H and O–H groups in total. The van der Waals surface area contributed by atoms with Gasteiger partial charge in [-0.15, -0.1) is 9.73 Å². The number of nitrogens with one attached hydrogen (secondary N) is 2. The molecule has 0 aliphatic rings. The van der Waals surface area contributed by atoms with Crippen LogP contribution in [0.25, 0.3) is 17.0 Å². The van der Waals surface area contributed by atoms with E-state index >= 15 is 0 Å². The molecular formula is C19H24ClN5O2. The SMILES string of the molecule is CCOC(C)C(=O)Nc1cccc(-c2nn3nc(C(C)(C)C)c(Cl)c3[nH]2)c1. The van der Waals surface area contributed by atoms with Gasteiger partial charge in [0, 0.05) is 23.3 Å². The number of anilines is 1. The van der Waals surface area contributed by atoms with Gasteiger partial charge >= 0.3 is 0 Å². The lowest BCUT2D eigenvalue weighted by Crippen LogP contribution is -2.27. The molecule has 0 aliphatic carbocycles. The number of benzene rings is 1. The summed E-state index contributed by atoms with van der Waals surface area (Å²) in [6.45, 7) is 10.2. The van der Waals surface area contributed by atoms with Gasteiger partial charge in [0.2, 0.25) is 0 Å². The molecule has 0 radical (unpaired) electrons. The molecule has 8 heteroatoms. The molecule has 0 bridgehead atoms. The van der Waals surface area contributed by atoms with Crippen LogP contribution in [0.2, 0.25) is 5.02 Å². The standard InChI is InChI=1S/C19H24ClN5O2/c1-6-27-11(2)18(26)21-13-9-7-8-12(10-13)16-22-17-14(20)15(19(3,4)5)23-25(17)24-16/h7-11H,6H2,1-5H3,(H,21,26)(H,22,24). The normalized spacial score (nSPS) is 13.1. The molecule has 1 atom stereocenters. The zero-order valence-electron chi connectivity index (χ0n) is 16.1. The van der Waals surface area contributed by atoms with Crippen molar-refractivity contribution in [2.45, 2.75) is 46.1 Å². The maximum atomic E-state index is 12.1. The highest BCUT2D eigenvalue weighted by molar-refractivity contribution is 6.34. The molecule has 2 aromatic heterocycles. The third-order valence-corrected chi connectivity index (χ3v) is 4.50. The van der Waals surface area contributed by atoms with Crippen LogP contribution in [-0.2, 0) is 14.9 Å². The molecule has 1 unspecified atom stereocenters. The van der Waals surface area contributed by atoms with Crippen molar-refractivity contribution in [3.63, 3.8) is 0 Å². The molecule has 0 spiro atoms. The molecule has 1 aromatic carbocycles. The van der Waals surface area contributed by atoms with Gasteiger partial charge in [0.25, 0.3) is 5.91 Å². The first-order valence-corrected chi connectivity index (χ1v) is 9.26. The van der Waals surface area contributed by atoms with E-state index in [1.807, 2.05) is 31.2 Å².